The van der Waals surface area contributed by atoms with Gasteiger partial charge in [0.25, 0.3) is 0 Å². The molecule has 0 aromatic heterocycles. The summed E-state index contributed by atoms with van der Waals surface area (Å²) in [5, 5.41) is 15.5. The molecule has 6 nitrogen and oxygen atoms in total. The number of ether oxygens (including phenoxy) is 1. The first kappa shape index (κ1) is 14.4. The van der Waals surface area contributed by atoms with Crippen molar-refractivity contribution in [2.24, 2.45) is 0 Å². The molecule has 0 heterocycles. The number of hydrogen-bond acceptors (Lipinski definition) is 5. The summed E-state index contributed by atoms with van der Waals surface area (Å²) in [6.07, 6.45) is 0.458. The summed E-state index contributed by atoms with van der Waals surface area (Å²) in [5.41, 5.74) is 0. The van der Waals surface area contributed by atoms with E-state index < -0.39 is 17.9 Å². The Hall–Kier alpha value is -2.16. The number of carboxylic acids is 1. The van der Waals surface area contributed by atoms with Crippen molar-refractivity contribution in [3.63, 3.8) is 0 Å². The smallest absolute Gasteiger partial charge is 0.327 e. The molecular weight excluding hydrogens is 190 g/mol. The summed E-state index contributed by atoms with van der Waals surface area (Å²) in [5.74, 6) is -2.47. The van der Waals surface area contributed by atoms with Crippen LogP contribution < -0.4 is 0 Å². The van der Waals surface area contributed by atoms with Crippen molar-refractivity contribution in [1.82, 2.24) is 0 Å². The Kier molecular flexibility index (Phi) is 9.17. The van der Waals surface area contributed by atoms with Gasteiger partial charge in [-0.05, 0) is 0 Å². The van der Waals surface area contributed by atoms with E-state index in [0.717, 1.165) is 13.0 Å². The summed E-state index contributed by atoms with van der Waals surface area (Å²) in [6, 6.07) is 1.55. The van der Waals surface area contributed by atoms with E-state index in [1.165, 1.54) is 0 Å². The maximum atomic E-state index is 10.2. The van der Waals surface area contributed by atoms with Crippen molar-refractivity contribution < 1.29 is 24.2 Å². The second kappa shape index (κ2) is 8.93. The Morgan fingerprint density at radius 2 is 2.00 bits per heavy atom. The topological polar surface area (TPSA) is 104 Å². The summed E-state index contributed by atoms with van der Waals surface area (Å²) in [4.78, 5) is 29.4. The largest absolute Gasteiger partial charge is 0.478 e. The van der Waals surface area contributed by atoms with Crippen molar-refractivity contribution in [3.05, 3.63) is 12.7 Å². The highest BCUT2D eigenvalue weighted by molar-refractivity contribution is 5.85. The van der Waals surface area contributed by atoms with Crippen LogP contribution in [0.3, 0.4) is 0 Å². The monoisotopic (exact) mass is 199 g/mol. The quantitative estimate of drug-likeness (QED) is 0.388. The van der Waals surface area contributed by atoms with Crippen molar-refractivity contribution in [1.29, 1.82) is 5.26 Å². The molecule has 6 heteroatoms. The minimum atomic E-state index is -0.981. The average molecular weight is 199 g/mol. The van der Waals surface area contributed by atoms with E-state index >= 15 is 0 Å². The van der Waals surface area contributed by atoms with Crippen molar-refractivity contribution in [2.75, 3.05) is 0 Å². The van der Waals surface area contributed by atoms with Crippen LogP contribution in [-0.2, 0) is 19.1 Å². The van der Waals surface area contributed by atoms with Crippen LogP contribution in [0.25, 0.3) is 0 Å². The fourth-order valence-corrected chi connectivity index (χ4v) is 0.261. The zero-order valence-corrected chi connectivity index (χ0v) is 7.52. The Balaban J connectivity index is 0. The van der Waals surface area contributed by atoms with Gasteiger partial charge in [0.2, 0.25) is 0 Å². The number of esters is 2. The number of rotatable bonds is 2. The average Bonchev–Trinajstić information content (AvgIpc) is 2.04. The van der Waals surface area contributed by atoms with Crippen LogP contribution in [0.4, 0.5) is 0 Å². The van der Waals surface area contributed by atoms with Gasteiger partial charge in [-0.1, -0.05) is 6.58 Å². The van der Waals surface area contributed by atoms with Gasteiger partial charge in [-0.2, -0.15) is 5.26 Å². The van der Waals surface area contributed by atoms with Gasteiger partial charge in [-0.15, -0.1) is 0 Å². The van der Waals surface area contributed by atoms with Crippen molar-refractivity contribution in [3.8, 4) is 6.07 Å². The SMILES string of the molecule is C=CC(=O)O.CC(=O)OC(=O)CC#N. The van der Waals surface area contributed by atoms with Crippen LogP contribution in [0.15, 0.2) is 12.7 Å². The predicted octanol–water partition coefficient (Wildman–Crippen LogP) is 0.247. The molecule has 0 aromatic rings. The van der Waals surface area contributed by atoms with Gasteiger partial charge in [0.15, 0.2) is 0 Å². The first-order valence-electron chi connectivity index (χ1n) is 3.37. The molecule has 0 aliphatic heterocycles. The Labute approximate surface area is 80.4 Å². The first-order valence-corrected chi connectivity index (χ1v) is 3.37. The third-order valence-electron chi connectivity index (χ3n) is 0.656. The van der Waals surface area contributed by atoms with Crippen LogP contribution in [0.5, 0.6) is 0 Å². The van der Waals surface area contributed by atoms with Crippen molar-refractivity contribution >= 4 is 17.9 Å². The molecule has 1 N–H and O–H groups in total. The zero-order chi connectivity index (χ0) is 11.6. The van der Waals surface area contributed by atoms with Crippen LogP contribution in [0.1, 0.15) is 13.3 Å². The van der Waals surface area contributed by atoms with Gasteiger partial charge in [0.05, 0.1) is 6.07 Å². The molecule has 0 bridgehead atoms. The molecule has 76 valence electrons. The van der Waals surface area contributed by atoms with E-state index in [1.54, 1.807) is 6.07 Å². The van der Waals surface area contributed by atoms with Gasteiger partial charge in [-0.3, -0.25) is 9.59 Å². The number of carbonyl (C=O) groups is 3. The second-order valence-corrected chi connectivity index (χ2v) is 1.84. The molecule has 0 saturated heterocycles. The van der Waals surface area contributed by atoms with Gasteiger partial charge >= 0.3 is 17.9 Å². The highest BCUT2D eigenvalue weighted by Crippen LogP contribution is 1.83. The van der Waals surface area contributed by atoms with Crippen LogP contribution >= 0.6 is 0 Å². The molecule has 0 fully saturated rings. The lowest BCUT2D eigenvalue weighted by Crippen LogP contribution is -2.07. The molecular formula is C8H9NO5. The van der Waals surface area contributed by atoms with Crippen LogP contribution in [0, 0.1) is 11.3 Å². The van der Waals surface area contributed by atoms with Gasteiger partial charge in [-0.25, -0.2) is 4.79 Å². The molecule has 0 atom stereocenters. The van der Waals surface area contributed by atoms with E-state index in [0.29, 0.717) is 0 Å². The molecule has 14 heavy (non-hydrogen) atoms. The lowest BCUT2D eigenvalue weighted by atomic mass is 10.5. The number of nitrogens with zero attached hydrogens (tertiary/aromatic N) is 1. The molecule has 0 rings (SSSR count). The van der Waals surface area contributed by atoms with Crippen molar-refractivity contribution in [2.45, 2.75) is 13.3 Å². The molecule has 0 amide bonds. The fraction of sp³-hybridized carbons (Fsp3) is 0.250. The zero-order valence-electron chi connectivity index (χ0n) is 7.52. The van der Waals surface area contributed by atoms with E-state index in [-0.39, 0.29) is 6.42 Å². The Bertz CT molecular complexity index is 276. The number of carboxylic acid groups (broad SMARTS) is 1. The van der Waals surface area contributed by atoms with E-state index in [4.69, 9.17) is 10.4 Å². The van der Waals surface area contributed by atoms with Gasteiger partial charge in [0, 0.05) is 13.0 Å². The maximum Gasteiger partial charge on any atom is 0.327 e. The summed E-state index contributed by atoms with van der Waals surface area (Å²) >= 11 is 0. The second-order valence-electron chi connectivity index (χ2n) is 1.84. The van der Waals surface area contributed by atoms with E-state index in [1.807, 2.05) is 0 Å². The third kappa shape index (κ3) is 16.4. The van der Waals surface area contributed by atoms with Gasteiger partial charge in [0.1, 0.15) is 6.42 Å². The molecule has 0 radical (unpaired) electrons. The highest BCUT2D eigenvalue weighted by Gasteiger charge is 2.02. The molecule has 0 aromatic carbocycles. The molecule has 0 saturated carbocycles. The number of nitriles is 1. The van der Waals surface area contributed by atoms with Crippen LogP contribution in [-0.4, -0.2) is 23.0 Å². The number of aliphatic carboxylic acids is 1. The number of carbonyl (C=O) groups excluding carboxylic acids is 2. The minimum Gasteiger partial charge on any atom is -0.478 e. The molecule has 0 unspecified atom stereocenters. The summed E-state index contributed by atoms with van der Waals surface area (Å²) in [7, 11) is 0. The first-order chi connectivity index (χ1) is 6.43. The molecule has 0 aliphatic rings. The van der Waals surface area contributed by atoms with Crippen LogP contribution in [0.2, 0.25) is 0 Å². The number of hydrogen-bond donors (Lipinski definition) is 1. The third-order valence-corrected chi connectivity index (χ3v) is 0.656. The molecule has 0 aliphatic carbocycles. The lowest BCUT2D eigenvalue weighted by molar-refractivity contribution is -0.157. The lowest BCUT2D eigenvalue weighted by Gasteiger charge is -1.90. The Morgan fingerprint density at radius 1 is 1.57 bits per heavy atom. The Morgan fingerprint density at radius 3 is 2.21 bits per heavy atom. The summed E-state index contributed by atoms with van der Waals surface area (Å²) in [6.45, 7) is 4.07. The molecule has 0 spiro atoms. The minimum absolute atomic E-state index is 0.375. The van der Waals surface area contributed by atoms with E-state index in [2.05, 4.69) is 11.3 Å². The fourth-order valence-electron chi connectivity index (χ4n) is 0.261. The predicted molar refractivity (Wildman–Crippen MR) is 44.8 cm³/mol. The normalized spacial score (nSPS) is 7.14. The summed E-state index contributed by atoms with van der Waals surface area (Å²) < 4.78 is 3.99. The van der Waals surface area contributed by atoms with Gasteiger partial charge < -0.3 is 9.84 Å². The highest BCUT2D eigenvalue weighted by atomic mass is 16.6. The standard InChI is InChI=1S/C5H5NO3.C3H4O2/c1-4(7)9-5(8)2-3-6;1-2-3(4)5/h2H2,1H3;2H,1H2,(H,4,5). The maximum absolute atomic E-state index is 10.2. The van der Waals surface area contributed by atoms with E-state index in [9.17, 15) is 14.4 Å².